The number of rotatable bonds is 1. The summed E-state index contributed by atoms with van der Waals surface area (Å²) in [5, 5.41) is 3.53. The molecule has 96 valence electrons. The summed E-state index contributed by atoms with van der Waals surface area (Å²) in [5.41, 5.74) is 11.8. The fourth-order valence-electron chi connectivity index (χ4n) is 2.36. The second kappa shape index (κ2) is 4.66. The van der Waals surface area contributed by atoms with Crippen molar-refractivity contribution in [3.63, 3.8) is 0 Å². The lowest BCUT2D eigenvalue weighted by Crippen LogP contribution is -1.92. The van der Waals surface area contributed by atoms with Crippen LogP contribution in [0.3, 0.4) is 0 Å². The number of fused-ring (bicyclic) bond motifs is 1. The molecule has 0 aliphatic heterocycles. The maximum Gasteiger partial charge on any atom is 0.0491 e. The minimum atomic E-state index is 0.863. The third-order valence-corrected chi connectivity index (χ3v) is 5.41. The topological polar surface area (TPSA) is 26.0 Å². The SMILES string of the molecule is Cc1cc(-c2csc3c(Br)cccc23)c(C)cc1N. The molecular formula is C16H14BrNS. The summed E-state index contributed by atoms with van der Waals surface area (Å²) in [7, 11) is 0. The first kappa shape index (κ1) is 12.7. The van der Waals surface area contributed by atoms with Crippen LogP contribution in [0.1, 0.15) is 11.1 Å². The Morgan fingerprint density at radius 2 is 1.84 bits per heavy atom. The molecule has 2 N–H and O–H groups in total. The summed E-state index contributed by atoms with van der Waals surface area (Å²) in [6, 6.07) is 10.6. The average molecular weight is 332 g/mol. The van der Waals surface area contributed by atoms with Crippen LogP contribution in [0.15, 0.2) is 40.2 Å². The van der Waals surface area contributed by atoms with Crippen LogP contribution < -0.4 is 5.73 Å². The number of benzene rings is 2. The molecule has 2 aromatic carbocycles. The lowest BCUT2D eigenvalue weighted by molar-refractivity contribution is 1.40. The molecule has 1 heterocycles. The second-order valence-electron chi connectivity index (χ2n) is 4.79. The number of thiophene rings is 1. The van der Waals surface area contributed by atoms with Crippen molar-refractivity contribution in [3.05, 3.63) is 51.3 Å². The van der Waals surface area contributed by atoms with Gasteiger partial charge in [0.1, 0.15) is 0 Å². The molecule has 3 heteroatoms. The van der Waals surface area contributed by atoms with E-state index in [4.69, 9.17) is 5.73 Å². The summed E-state index contributed by atoms with van der Waals surface area (Å²) < 4.78 is 2.46. The van der Waals surface area contributed by atoms with Crippen molar-refractivity contribution < 1.29 is 0 Å². The number of hydrogen-bond donors (Lipinski definition) is 1. The number of anilines is 1. The third kappa shape index (κ3) is 2.07. The highest BCUT2D eigenvalue weighted by atomic mass is 79.9. The van der Waals surface area contributed by atoms with E-state index >= 15 is 0 Å². The van der Waals surface area contributed by atoms with Gasteiger partial charge >= 0.3 is 0 Å². The molecule has 0 aliphatic carbocycles. The lowest BCUT2D eigenvalue weighted by atomic mass is 9.97. The van der Waals surface area contributed by atoms with Gasteiger partial charge < -0.3 is 5.73 Å². The Kier molecular flexibility index (Phi) is 3.11. The molecule has 0 aliphatic rings. The first-order valence-corrected chi connectivity index (χ1v) is 7.78. The van der Waals surface area contributed by atoms with Crippen molar-refractivity contribution in [2.24, 2.45) is 0 Å². The Balaban J connectivity index is 2.31. The van der Waals surface area contributed by atoms with E-state index in [1.807, 2.05) is 0 Å². The van der Waals surface area contributed by atoms with Gasteiger partial charge in [0.2, 0.25) is 0 Å². The lowest BCUT2D eigenvalue weighted by Gasteiger charge is -2.09. The minimum absolute atomic E-state index is 0.863. The molecule has 3 aromatic rings. The maximum absolute atomic E-state index is 5.97. The molecule has 0 unspecified atom stereocenters. The Hall–Kier alpha value is -1.32. The molecular weight excluding hydrogens is 318 g/mol. The molecule has 0 spiro atoms. The van der Waals surface area contributed by atoms with E-state index in [0.717, 1.165) is 15.7 Å². The van der Waals surface area contributed by atoms with Crippen molar-refractivity contribution in [2.75, 3.05) is 5.73 Å². The number of aryl methyl sites for hydroxylation is 2. The molecule has 0 amide bonds. The van der Waals surface area contributed by atoms with E-state index < -0.39 is 0 Å². The molecule has 0 atom stereocenters. The zero-order chi connectivity index (χ0) is 13.6. The van der Waals surface area contributed by atoms with Crippen LogP contribution in [-0.2, 0) is 0 Å². The van der Waals surface area contributed by atoms with Crippen molar-refractivity contribution in [1.82, 2.24) is 0 Å². The first-order valence-electron chi connectivity index (χ1n) is 6.10. The number of nitrogens with two attached hydrogens (primary N) is 1. The van der Waals surface area contributed by atoms with Crippen LogP contribution in [0, 0.1) is 13.8 Å². The molecule has 0 fully saturated rings. The van der Waals surface area contributed by atoms with Crippen LogP contribution in [0.4, 0.5) is 5.69 Å². The summed E-state index contributed by atoms with van der Waals surface area (Å²) in [4.78, 5) is 0. The first-order chi connectivity index (χ1) is 9.08. The predicted molar refractivity (Wildman–Crippen MR) is 88.8 cm³/mol. The van der Waals surface area contributed by atoms with Gasteiger partial charge in [0.25, 0.3) is 0 Å². The number of nitrogen functional groups attached to an aromatic ring is 1. The van der Waals surface area contributed by atoms with Gasteiger partial charge in [-0.15, -0.1) is 11.3 Å². The highest BCUT2D eigenvalue weighted by molar-refractivity contribution is 9.10. The molecule has 1 nitrogen and oxygen atoms in total. The standard InChI is InChI=1S/C16H14BrNS/c1-9-7-15(18)10(2)6-12(9)13-8-19-16-11(13)4-3-5-14(16)17/h3-8H,18H2,1-2H3. The molecule has 3 rings (SSSR count). The second-order valence-corrected chi connectivity index (χ2v) is 6.52. The monoisotopic (exact) mass is 331 g/mol. The van der Waals surface area contributed by atoms with E-state index in [1.54, 1.807) is 11.3 Å². The Morgan fingerprint density at radius 1 is 1.05 bits per heavy atom. The average Bonchev–Trinajstić information content (AvgIpc) is 2.79. The van der Waals surface area contributed by atoms with Crippen molar-refractivity contribution in [3.8, 4) is 11.1 Å². The molecule has 1 aromatic heterocycles. The Morgan fingerprint density at radius 3 is 2.63 bits per heavy atom. The quantitative estimate of drug-likeness (QED) is 0.583. The number of hydrogen-bond acceptors (Lipinski definition) is 2. The Bertz CT molecular complexity index is 774. The zero-order valence-corrected chi connectivity index (χ0v) is 13.2. The highest BCUT2D eigenvalue weighted by Crippen LogP contribution is 2.39. The smallest absolute Gasteiger partial charge is 0.0491 e. The van der Waals surface area contributed by atoms with Gasteiger partial charge in [0.15, 0.2) is 0 Å². The van der Waals surface area contributed by atoms with Crippen LogP contribution in [0.2, 0.25) is 0 Å². The van der Waals surface area contributed by atoms with Gasteiger partial charge in [-0.05, 0) is 70.0 Å². The minimum Gasteiger partial charge on any atom is -0.399 e. The largest absolute Gasteiger partial charge is 0.399 e. The maximum atomic E-state index is 5.97. The Labute approximate surface area is 125 Å². The molecule has 0 saturated heterocycles. The third-order valence-electron chi connectivity index (χ3n) is 3.45. The molecule has 0 radical (unpaired) electrons. The van der Waals surface area contributed by atoms with Crippen molar-refractivity contribution in [1.29, 1.82) is 0 Å². The summed E-state index contributed by atoms with van der Waals surface area (Å²) >= 11 is 5.39. The van der Waals surface area contributed by atoms with E-state index in [1.165, 1.54) is 26.8 Å². The molecule has 0 bridgehead atoms. The van der Waals surface area contributed by atoms with Gasteiger partial charge in [-0.2, -0.15) is 0 Å². The van der Waals surface area contributed by atoms with Crippen LogP contribution >= 0.6 is 27.3 Å². The van der Waals surface area contributed by atoms with E-state index in [-0.39, 0.29) is 0 Å². The van der Waals surface area contributed by atoms with Crippen LogP contribution in [0.5, 0.6) is 0 Å². The van der Waals surface area contributed by atoms with Crippen LogP contribution in [-0.4, -0.2) is 0 Å². The molecule has 19 heavy (non-hydrogen) atoms. The van der Waals surface area contributed by atoms with Gasteiger partial charge in [0.05, 0.1) is 0 Å². The predicted octanol–water partition coefficient (Wildman–Crippen LogP) is 5.53. The van der Waals surface area contributed by atoms with Crippen LogP contribution in [0.25, 0.3) is 21.2 Å². The van der Waals surface area contributed by atoms with Crippen molar-refractivity contribution in [2.45, 2.75) is 13.8 Å². The van der Waals surface area contributed by atoms with Crippen molar-refractivity contribution >= 4 is 43.0 Å². The van der Waals surface area contributed by atoms with E-state index in [2.05, 4.69) is 65.5 Å². The fraction of sp³-hybridized carbons (Fsp3) is 0.125. The zero-order valence-electron chi connectivity index (χ0n) is 10.8. The highest BCUT2D eigenvalue weighted by Gasteiger charge is 2.11. The summed E-state index contributed by atoms with van der Waals surface area (Å²) in [6.45, 7) is 4.18. The summed E-state index contributed by atoms with van der Waals surface area (Å²) in [6.07, 6.45) is 0. The van der Waals surface area contributed by atoms with Gasteiger partial charge in [-0.25, -0.2) is 0 Å². The van der Waals surface area contributed by atoms with E-state index in [0.29, 0.717) is 0 Å². The number of halogens is 1. The van der Waals surface area contributed by atoms with Gasteiger partial charge in [0, 0.05) is 25.8 Å². The molecule has 0 saturated carbocycles. The normalized spacial score (nSPS) is 11.1. The van der Waals surface area contributed by atoms with Gasteiger partial charge in [-0.3, -0.25) is 0 Å². The summed E-state index contributed by atoms with van der Waals surface area (Å²) in [5.74, 6) is 0. The van der Waals surface area contributed by atoms with E-state index in [9.17, 15) is 0 Å². The fourth-order valence-corrected chi connectivity index (χ4v) is 3.98. The van der Waals surface area contributed by atoms with Gasteiger partial charge in [-0.1, -0.05) is 12.1 Å².